The van der Waals surface area contributed by atoms with E-state index < -0.39 is 6.10 Å². The standard InChI is InChI=1S/C20H37NO5.Y/c1-8-16-11(3)10(2)12(4)20(25-16)26-19-13(5)18(21-15(7)23)14(6)24-17(19)9-22;/h10-14,16-20,22H,8-9H2,1-7H3,(H,21,23);/t10-,11+,12?,13?,14?,16?,17+,18?,19-,20-;/m0./s1. The topological polar surface area (TPSA) is 77.0 Å². The van der Waals surface area contributed by atoms with Gasteiger partial charge in [0.15, 0.2) is 6.29 Å². The number of amides is 1. The van der Waals surface area contributed by atoms with Gasteiger partial charge in [-0.05, 0) is 25.2 Å². The molecule has 0 saturated carbocycles. The molecule has 2 N–H and O–H groups in total. The van der Waals surface area contributed by atoms with E-state index in [9.17, 15) is 9.90 Å². The fourth-order valence-electron chi connectivity index (χ4n) is 4.51. The van der Waals surface area contributed by atoms with Crippen LogP contribution in [-0.4, -0.2) is 54.4 Å². The van der Waals surface area contributed by atoms with Crippen LogP contribution in [0.15, 0.2) is 0 Å². The molecule has 7 heteroatoms. The first-order valence-electron chi connectivity index (χ1n) is 10.1. The molecule has 0 spiro atoms. The zero-order valence-corrected chi connectivity index (χ0v) is 20.7. The first-order valence-corrected chi connectivity index (χ1v) is 10.1. The van der Waals surface area contributed by atoms with Crippen molar-refractivity contribution in [2.45, 2.75) is 91.6 Å². The molecule has 0 aromatic heterocycles. The third-order valence-corrected chi connectivity index (χ3v) is 6.57. The van der Waals surface area contributed by atoms with Gasteiger partial charge < -0.3 is 24.6 Å². The van der Waals surface area contributed by atoms with Gasteiger partial charge in [0.2, 0.25) is 5.91 Å². The van der Waals surface area contributed by atoms with Gasteiger partial charge in [0, 0.05) is 51.5 Å². The summed E-state index contributed by atoms with van der Waals surface area (Å²) in [6.07, 6.45) is -0.151. The minimum atomic E-state index is -0.421. The van der Waals surface area contributed by atoms with E-state index in [0.29, 0.717) is 11.8 Å². The summed E-state index contributed by atoms with van der Waals surface area (Å²) in [7, 11) is 0. The van der Waals surface area contributed by atoms with Crippen LogP contribution in [0.4, 0.5) is 0 Å². The zero-order valence-electron chi connectivity index (χ0n) is 17.8. The summed E-state index contributed by atoms with van der Waals surface area (Å²) in [5.74, 6) is 1.13. The van der Waals surface area contributed by atoms with Gasteiger partial charge >= 0.3 is 0 Å². The Morgan fingerprint density at radius 1 is 1.00 bits per heavy atom. The smallest absolute Gasteiger partial charge is 0.217 e. The number of carbonyl (C=O) groups excluding carboxylic acids is 1. The Morgan fingerprint density at radius 2 is 1.63 bits per heavy atom. The van der Waals surface area contributed by atoms with Crippen molar-refractivity contribution in [2.75, 3.05) is 6.61 Å². The second-order valence-electron chi connectivity index (χ2n) is 8.28. The molecule has 2 saturated heterocycles. The second-order valence-corrected chi connectivity index (χ2v) is 8.28. The van der Waals surface area contributed by atoms with E-state index in [4.69, 9.17) is 14.2 Å². The number of aliphatic hydroxyl groups excluding tert-OH is 1. The fraction of sp³-hybridized carbons (Fsp3) is 0.950. The van der Waals surface area contributed by atoms with Crippen molar-refractivity contribution in [3.8, 4) is 0 Å². The van der Waals surface area contributed by atoms with Crippen LogP contribution in [0.5, 0.6) is 0 Å². The maximum absolute atomic E-state index is 11.6. The summed E-state index contributed by atoms with van der Waals surface area (Å²) in [6.45, 7) is 14.2. The van der Waals surface area contributed by atoms with Crippen molar-refractivity contribution in [3.63, 3.8) is 0 Å². The van der Waals surface area contributed by atoms with E-state index in [1.807, 2.05) is 13.8 Å². The zero-order chi connectivity index (χ0) is 19.6. The summed E-state index contributed by atoms with van der Waals surface area (Å²) in [5.41, 5.74) is 0. The van der Waals surface area contributed by atoms with Crippen molar-refractivity contribution in [1.82, 2.24) is 5.32 Å². The minimum absolute atomic E-state index is 0. The molecule has 2 aliphatic heterocycles. The molecule has 0 aromatic carbocycles. The molecule has 2 rings (SSSR count). The molecule has 0 aliphatic carbocycles. The molecule has 155 valence electrons. The predicted octanol–water partition coefficient (Wildman–Crippen LogP) is 2.33. The maximum atomic E-state index is 11.6. The number of nitrogens with one attached hydrogen (secondary N) is 1. The third-order valence-electron chi connectivity index (χ3n) is 6.57. The van der Waals surface area contributed by atoms with Crippen LogP contribution in [0.25, 0.3) is 0 Å². The third kappa shape index (κ3) is 5.73. The van der Waals surface area contributed by atoms with Gasteiger partial charge in [0.1, 0.15) is 6.10 Å². The SMILES string of the molecule is CCC1O[C@@H](O[C@H]2C(C)C(NC(C)=O)C(C)O[C@@H]2CO)C(C)[C@@H](C)[C@H]1C.[Y]. The van der Waals surface area contributed by atoms with Gasteiger partial charge in [0.05, 0.1) is 31.0 Å². The number of hydrogen-bond acceptors (Lipinski definition) is 5. The summed E-state index contributed by atoms with van der Waals surface area (Å²) in [5, 5.41) is 12.8. The molecule has 1 radical (unpaired) electrons. The molecular weight excluding hydrogens is 423 g/mol. The van der Waals surface area contributed by atoms with Gasteiger partial charge in [-0.3, -0.25) is 4.79 Å². The molecule has 0 aromatic rings. The molecule has 2 aliphatic rings. The van der Waals surface area contributed by atoms with Crippen LogP contribution in [0.3, 0.4) is 0 Å². The van der Waals surface area contributed by atoms with Crippen LogP contribution >= 0.6 is 0 Å². The van der Waals surface area contributed by atoms with E-state index in [1.54, 1.807) is 0 Å². The Labute approximate surface area is 189 Å². The molecule has 5 unspecified atom stereocenters. The van der Waals surface area contributed by atoms with Crippen molar-refractivity contribution in [2.24, 2.45) is 23.7 Å². The number of ether oxygens (including phenoxy) is 3. The Morgan fingerprint density at radius 3 is 2.15 bits per heavy atom. The Hall–Kier alpha value is 0.414. The first kappa shape index (κ1) is 25.5. The van der Waals surface area contributed by atoms with Gasteiger partial charge in [0.25, 0.3) is 0 Å². The Kier molecular flexibility index (Phi) is 10.4. The molecule has 10 atom stereocenters. The molecular formula is C20H37NO5Y. The summed E-state index contributed by atoms with van der Waals surface area (Å²) in [4.78, 5) is 11.6. The molecule has 2 heterocycles. The monoisotopic (exact) mass is 460 g/mol. The predicted molar refractivity (Wildman–Crippen MR) is 99.5 cm³/mol. The van der Waals surface area contributed by atoms with Crippen LogP contribution < -0.4 is 5.32 Å². The van der Waals surface area contributed by atoms with Crippen molar-refractivity contribution in [3.05, 3.63) is 0 Å². The van der Waals surface area contributed by atoms with Crippen LogP contribution in [0, 0.1) is 23.7 Å². The molecule has 0 bridgehead atoms. The van der Waals surface area contributed by atoms with Crippen LogP contribution in [-0.2, 0) is 51.7 Å². The van der Waals surface area contributed by atoms with Gasteiger partial charge in [-0.25, -0.2) is 0 Å². The second kappa shape index (κ2) is 11.0. The van der Waals surface area contributed by atoms with Crippen LogP contribution in [0.1, 0.15) is 54.9 Å². The number of aliphatic hydroxyl groups is 1. The van der Waals surface area contributed by atoms with E-state index in [1.165, 1.54) is 6.92 Å². The van der Waals surface area contributed by atoms with Gasteiger partial charge in [-0.15, -0.1) is 0 Å². The molecule has 1 amide bonds. The average molecular weight is 460 g/mol. The van der Waals surface area contributed by atoms with Gasteiger partial charge in [-0.1, -0.05) is 34.6 Å². The normalized spacial score (nSPS) is 45.0. The number of hydrogen-bond donors (Lipinski definition) is 2. The van der Waals surface area contributed by atoms with Crippen LogP contribution in [0.2, 0.25) is 0 Å². The number of carbonyl (C=O) groups is 1. The Bertz CT molecular complexity index is 477. The van der Waals surface area contributed by atoms with E-state index in [0.717, 1.165) is 6.42 Å². The van der Waals surface area contributed by atoms with E-state index in [-0.39, 0.29) is 87.7 Å². The van der Waals surface area contributed by atoms with E-state index in [2.05, 4.69) is 33.0 Å². The summed E-state index contributed by atoms with van der Waals surface area (Å²) < 4.78 is 18.6. The van der Waals surface area contributed by atoms with Gasteiger partial charge in [-0.2, -0.15) is 0 Å². The van der Waals surface area contributed by atoms with E-state index >= 15 is 0 Å². The summed E-state index contributed by atoms with van der Waals surface area (Å²) in [6, 6.07) is -0.155. The molecule has 6 nitrogen and oxygen atoms in total. The van der Waals surface area contributed by atoms with Crippen molar-refractivity contribution in [1.29, 1.82) is 0 Å². The van der Waals surface area contributed by atoms with Crippen molar-refractivity contribution < 1.29 is 56.8 Å². The molecule has 27 heavy (non-hydrogen) atoms. The maximum Gasteiger partial charge on any atom is 0.217 e. The minimum Gasteiger partial charge on any atom is -0.394 e. The average Bonchev–Trinajstić information content (AvgIpc) is 2.60. The first-order chi connectivity index (χ1) is 12.2. The quantitative estimate of drug-likeness (QED) is 0.659. The fourth-order valence-corrected chi connectivity index (χ4v) is 4.51. The van der Waals surface area contributed by atoms with Crippen molar-refractivity contribution >= 4 is 5.91 Å². The summed E-state index contributed by atoms with van der Waals surface area (Å²) >= 11 is 0. The number of rotatable bonds is 5. The largest absolute Gasteiger partial charge is 0.394 e. The molecule has 2 fully saturated rings. The Balaban J connectivity index is 0.00000364.